The SMILES string of the molecule is CCC1OC(Cl)CC1C.CCC1OC(n2cnc(N)nc2=O)CC1C.C[Si](C)(C)OS(=O)(=O)C(F)(F)F.C[Si](C)(C)Oc1ncnc(N)n1.ClCCl. The molecule has 0 aliphatic carbocycles. The Kier molecular flexibility index (Phi) is 21.7. The number of ether oxygens (including phenoxy) is 2. The van der Waals surface area contributed by atoms with Gasteiger partial charge in [0.2, 0.25) is 28.5 Å². The fourth-order valence-corrected chi connectivity index (χ4v) is 8.48. The fourth-order valence-electron chi connectivity index (χ4n) is 4.41. The van der Waals surface area contributed by atoms with Crippen LogP contribution in [0.5, 0.6) is 6.01 Å². The molecule has 0 aromatic carbocycles. The van der Waals surface area contributed by atoms with Gasteiger partial charge in [0, 0.05) is 0 Å². The lowest BCUT2D eigenvalue weighted by Crippen LogP contribution is -2.36. The molecular formula is C28H52Cl3F3N8O7SSi2. The van der Waals surface area contributed by atoms with Crippen molar-refractivity contribution < 1.29 is 39.4 Å². The Labute approximate surface area is 321 Å². The summed E-state index contributed by atoms with van der Waals surface area (Å²) in [5.41, 5.74) is 4.94. The molecule has 0 amide bonds. The number of nitrogens with two attached hydrogens (primary N) is 2. The third kappa shape index (κ3) is 20.0. The van der Waals surface area contributed by atoms with Crippen LogP contribution in [0.25, 0.3) is 0 Å². The second-order valence-electron chi connectivity index (χ2n) is 13.4. The molecule has 52 heavy (non-hydrogen) atoms. The maximum atomic E-state index is 11.7. The van der Waals surface area contributed by atoms with Crippen LogP contribution in [0.15, 0.2) is 17.4 Å². The van der Waals surface area contributed by atoms with E-state index in [1.807, 2.05) is 19.6 Å². The zero-order valence-electron chi connectivity index (χ0n) is 31.0. The third-order valence-corrected chi connectivity index (χ3v) is 11.0. The monoisotopic (exact) mass is 862 g/mol. The molecule has 15 nitrogen and oxygen atoms in total. The van der Waals surface area contributed by atoms with Crippen molar-refractivity contribution in [3.05, 3.63) is 23.1 Å². The van der Waals surface area contributed by atoms with Gasteiger partial charge < -0.3 is 29.2 Å². The van der Waals surface area contributed by atoms with Crippen LogP contribution in [-0.4, -0.2) is 83.2 Å². The first-order valence-corrected chi connectivity index (χ1v) is 25.9. The summed E-state index contributed by atoms with van der Waals surface area (Å²) in [6, 6.07) is 0.321. The van der Waals surface area contributed by atoms with Crippen molar-refractivity contribution in [3.8, 4) is 6.01 Å². The second kappa shape index (κ2) is 22.5. The van der Waals surface area contributed by atoms with Crippen molar-refractivity contribution in [2.75, 3.05) is 16.8 Å². The average Bonchev–Trinajstić information content (AvgIpc) is 3.51. The Bertz CT molecular complexity index is 1510. The predicted octanol–water partition coefficient (Wildman–Crippen LogP) is 6.72. The fraction of sp³-hybridized carbons (Fsp3) is 0.786. The normalized spacial score (nSPS) is 23.0. The summed E-state index contributed by atoms with van der Waals surface area (Å²) in [6.07, 6.45) is 6.96. The van der Waals surface area contributed by atoms with Crippen molar-refractivity contribution in [2.24, 2.45) is 11.8 Å². The summed E-state index contributed by atoms with van der Waals surface area (Å²) in [5.74, 6) is 1.29. The van der Waals surface area contributed by atoms with Crippen LogP contribution in [0.1, 0.15) is 59.6 Å². The molecule has 2 aromatic heterocycles. The van der Waals surface area contributed by atoms with E-state index in [-0.39, 0.29) is 35.1 Å². The largest absolute Gasteiger partial charge is 0.522 e. The second-order valence-corrected chi connectivity index (χ2v) is 25.4. The maximum Gasteiger partial charge on any atom is 0.522 e. The van der Waals surface area contributed by atoms with E-state index in [0.717, 1.165) is 25.7 Å². The minimum atomic E-state index is -5.39. The number of hydrogen-bond acceptors (Lipinski definition) is 14. The zero-order chi connectivity index (χ0) is 40.7. The minimum absolute atomic E-state index is 0.000614. The maximum absolute atomic E-state index is 11.7. The van der Waals surface area contributed by atoms with Gasteiger partial charge in [0.15, 0.2) is 0 Å². The van der Waals surface area contributed by atoms with Gasteiger partial charge in [0.05, 0.1) is 17.5 Å². The Morgan fingerprint density at radius 1 is 0.904 bits per heavy atom. The first-order chi connectivity index (χ1) is 23.7. The summed E-state index contributed by atoms with van der Waals surface area (Å²) >= 11 is 15.3. The third-order valence-electron chi connectivity index (χ3n) is 6.52. The summed E-state index contributed by atoms with van der Waals surface area (Å²) in [6.45, 7) is 18.7. The van der Waals surface area contributed by atoms with E-state index in [9.17, 15) is 26.4 Å². The van der Waals surface area contributed by atoms with Crippen molar-refractivity contribution in [1.29, 1.82) is 0 Å². The van der Waals surface area contributed by atoms with Crippen LogP contribution < -0.4 is 21.6 Å². The van der Waals surface area contributed by atoms with Crippen molar-refractivity contribution in [1.82, 2.24) is 29.5 Å². The molecule has 0 bridgehead atoms. The van der Waals surface area contributed by atoms with Crippen LogP contribution >= 0.6 is 34.8 Å². The number of rotatable bonds is 7. The molecule has 24 heteroatoms. The van der Waals surface area contributed by atoms with E-state index in [1.54, 1.807) is 0 Å². The highest BCUT2D eigenvalue weighted by Crippen LogP contribution is 2.33. The number of alkyl halides is 6. The van der Waals surface area contributed by atoms with Crippen LogP contribution in [0.2, 0.25) is 39.3 Å². The van der Waals surface area contributed by atoms with E-state index in [2.05, 4.69) is 56.5 Å². The molecule has 302 valence electrons. The number of nitrogens with zero attached hydrogens (tertiary/aromatic N) is 6. The Balaban J connectivity index is 0.000000662. The molecule has 4 heterocycles. The quantitative estimate of drug-likeness (QED) is 0.168. The summed E-state index contributed by atoms with van der Waals surface area (Å²) in [5, 5.41) is 0.194. The first kappa shape index (κ1) is 50.1. The minimum Gasteiger partial charge on any atom is -0.518 e. The topological polar surface area (TPSA) is 210 Å². The molecule has 2 saturated heterocycles. The van der Waals surface area contributed by atoms with Gasteiger partial charge in [0.1, 0.15) is 24.4 Å². The first-order valence-electron chi connectivity index (χ1n) is 16.1. The number of aromatic nitrogens is 6. The Morgan fingerprint density at radius 3 is 1.75 bits per heavy atom. The molecular weight excluding hydrogens is 812 g/mol. The molecule has 4 N–H and O–H groups in total. The van der Waals surface area contributed by atoms with E-state index >= 15 is 0 Å². The summed E-state index contributed by atoms with van der Waals surface area (Å²) < 4.78 is 77.7. The van der Waals surface area contributed by atoms with Crippen molar-refractivity contribution in [3.63, 3.8) is 0 Å². The summed E-state index contributed by atoms with van der Waals surface area (Å²) in [4.78, 5) is 30.3. The van der Waals surface area contributed by atoms with Crippen LogP contribution in [0, 0.1) is 11.8 Å². The standard InChI is InChI=1S/C10H16N4O2.C7H13ClO.C6H12N4OSi.C4H9F3O3SSi.CH2Cl2/c1-3-7-6(2)4-8(16-7)14-5-12-9(11)13-10(14)15;1-3-6-5(2)4-7(8)9-6;1-12(2,3)11-6-9-4-8-5(7)10-6;1-12(2,3)10-11(8,9)4(5,6)7;2-1-3/h5-8H,3-4H2,1-2H3,(H2,11,13,15);5-7H,3-4H2,1-2H3;4H,1-3H3,(H2,7,8,9,10);1-3H3;1H2. The number of anilines is 2. The van der Waals surface area contributed by atoms with E-state index < -0.39 is 38.0 Å². The molecule has 2 fully saturated rings. The average molecular weight is 864 g/mol. The smallest absolute Gasteiger partial charge is 0.518 e. The van der Waals surface area contributed by atoms with Crippen LogP contribution in [-0.2, 0) is 23.5 Å². The molecule has 0 spiro atoms. The number of nitrogen functional groups attached to an aromatic ring is 2. The van der Waals surface area contributed by atoms with Crippen LogP contribution in [0.4, 0.5) is 25.1 Å². The van der Waals surface area contributed by atoms with Gasteiger partial charge in [-0.05, 0) is 76.8 Å². The number of hydrogen-bond donors (Lipinski definition) is 2. The molecule has 2 aromatic rings. The lowest BCUT2D eigenvalue weighted by molar-refractivity contribution is -0.0503. The van der Waals surface area contributed by atoms with Crippen molar-refractivity contribution in [2.45, 2.75) is 122 Å². The highest BCUT2D eigenvalue weighted by atomic mass is 35.5. The van der Waals surface area contributed by atoms with Gasteiger partial charge in [-0.1, -0.05) is 39.3 Å². The molecule has 6 unspecified atom stereocenters. The molecule has 0 saturated carbocycles. The Hall–Kier alpha value is -1.86. The predicted molar refractivity (Wildman–Crippen MR) is 201 cm³/mol. The van der Waals surface area contributed by atoms with Gasteiger partial charge in [-0.3, -0.25) is 4.57 Å². The van der Waals surface area contributed by atoms with E-state index in [1.165, 1.54) is 36.9 Å². The van der Waals surface area contributed by atoms with E-state index in [4.69, 9.17) is 60.2 Å². The zero-order valence-corrected chi connectivity index (χ0v) is 36.1. The van der Waals surface area contributed by atoms with Gasteiger partial charge in [0.25, 0.3) is 0 Å². The van der Waals surface area contributed by atoms with Crippen LogP contribution in [0.3, 0.4) is 0 Å². The molecule has 2 aliphatic heterocycles. The van der Waals surface area contributed by atoms with E-state index in [0.29, 0.717) is 24.0 Å². The molecule has 4 rings (SSSR count). The lowest BCUT2D eigenvalue weighted by atomic mass is 10.0. The summed E-state index contributed by atoms with van der Waals surface area (Å²) in [7, 11) is -9.73. The highest BCUT2D eigenvalue weighted by molar-refractivity contribution is 7.88. The van der Waals surface area contributed by atoms with Gasteiger partial charge in [-0.2, -0.15) is 36.5 Å². The van der Waals surface area contributed by atoms with Gasteiger partial charge in [-0.25, -0.2) is 14.8 Å². The highest BCUT2D eigenvalue weighted by Gasteiger charge is 2.49. The van der Waals surface area contributed by atoms with Gasteiger partial charge in [-0.15, -0.1) is 23.2 Å². The Morgan fingerprint density at radius 2 is 1.40 bits per heavy atom. The molecule has 2 aliphatic rings. The number of halogens is 6. The molecule has 6 atom stereocenters. The lowest BCUT2D eigenvalue weighted by Gasteiger charge is -2.17. The van der Waals surface area contributed by atoms with Gasteiger partial charge >= 0.3 is 27.3 Å². The molecule has 0 radical (unpaired) electrons. The van der Waals surface area contributed by atoms with Crippen molar-refractivity contribution >= 4 is 73.5 Å².